The standard InChI is InChI=1S/C9H21NO2Si/c1-6-12-9(11)7-13(4,5)8-10(2)3/h6-8H2,1-5H3. The summed E-state index contributed by atoms with van der Waals surface area (Å²) in [4.78, 5) is 13.4. The first kappa shape index (κ1) is 12.6. The van der Waals surface area contributed by atoms with E-state index < -0.39 is 8.07 Å². The molecule has 0 N–H and O–H groups in total. The topological polar surface area (TPSA) is 29.5 Å². The summed E-state index contributed by atoms with van der Waals surface area (Å²) >= 11 is 0. The van der Waals surface area contributed by atoms with Gasteiger partial charge in [-0.1, -0.05) is 13.1 Å². The molecule has 0 saturated heterocycles. The van der Waals surface area contributed by atoms with Crippen molar-refractivity contribution >= 4 is 14.0 Å². The lowest BCUT2D eigenvalue weighted by atomic mass is 10.8. The molecule has 0 saturated carbocycles. The highest BCUT2D eigenvalue weighted by Gasteiger charge is 2.25. The fourth-order valence-electron chi connectivity index (χ4n) is 1.51. The predicted molar refractivity (Wildman–Crippen MR) is 57.5 cm³/mol. The quantitative estimate of drug-likeness (QED) is 0.499. The molecule has 3 nitrogen and oxygen atoms in total. The lowest BCUT2D eigenvalue weighted by Gasteiger charge is -2.24. The predicted octanol–water partition coefficient (Wildman–Crippen LogP) is 1.36. The highest BCUT2D eigenvalue weighted by atomic mass is 28.3. The zero-order chi connectivity index (χ0) is 10.5. The van der Waals surface area contributed by atoms with Gasteiger partial charge in [0, 0.05) is 6.04 Å². The number of carbonyl (C=O) groups excluding carboxylic acids is 1. The molecule has 0 amide bonds. The molecule has 0 aliphatic rings. The molecule has 0 aromatic rings. The molecule has 4 heteroatoms. The second-order valence-corrected chi connectivity index (χ2v) is 9.38. The van der Waals surface area contributed by atoms with Crippen LogP contribution in [0.5, 0.6) is 0 Å². The fourth-order valence-corrected chi connectivity index (χ4v) is 4.22. The van der Waals surface area contributed by atoms with Crippen LogP contribution in [0.25, 0.3) is 0 Å². The van der Waals surface area contributed by atoms with Crippen molar-refractivity contribution in [2.24, 2.45) is 0 Å². The van der Waals surface area contributed by atoms with Crippen molar-refractivity contribution in [3.05, 3.63) is 0 Å². The number of nitrogens with zero attached hydrogens (tertiary/aromatic N) is 1. The average Bonchev–Trinajstić information content (AvgIpc) is 1.81. The molecule has 13 heavy (non-hydrogen) atoms. The summed E-state index contributed by atoms with van der Waals surface area (Å²) < 4.78 is 4.94. The molecular weight excluding hydrogens is 182 g/mol. The van der Waals surface area contributed by atoms with Gasteiger partial charge in [0.1, 0.15) is 0 Å². The highest BCUT2D eigenvalue weighted by molar-refractivity contribution is 6.80. The van der Waals surface area contributed by atoms with Gasteiger partial charge in [0.2, 0.25) is 0 Å². The molecule has 0 spiro atoms. The van der Waals surface area contributed by atoms with Crippen LogP contribution in [0, 0.1) is 0 Å². The number of rotatable bonds is 5. The van der Waals surface area contributed by atoms with E-state index >= 15 is 0 Å². The zero-order valence-corrected chi connectivity index (χ0v) is 10.4. The van der Waals surface area contributed by atoms with Crippen LogP contribution in [-0.4, -0.2) is 45.8 Å². The van der Waals surface area contributed by atoms with E-state index in [-0.39, 0.29) is 5.97 Å². The van der Waals surface area contributed by atoms with Crippen LogP contribution < -0.4 is 0 Å². The zero-order valence-electron chi connectivity index (χ0n) is 9.39. The van der Waals surface area contributed by atoms with Gasteiger partial charge in [-0.15, -0.1) is 0 Å². The number of hydrogen-bond acceptors (Lipinski definition) is 3. The van der Waals surface area contributed by atoms with Gasteiger partial charge in [-0.2, -0.15) is 0 Å². The SMILES string of the molecule is CCOC(=O)C[Si](C)(C)CN(C)C. The Morgan fingerprint density at radius 3 is 2.31 bits per heavy atom. The maximum Gasteiger partial charge on any atom is 0.303 e. The van der Waals surface area contributed by atoms with Gasteiger partial charge in [0.05, 0.1) is 14.7 Å². The van der Waals surface area contributed by atoms with E-state index in [1.807, 2.05) is 21.0 Å². The van der Waals surface area contributed by atoms with E-state index in [9.17, 15) is 4.79 Å². The van der Waals surface area contributed by atoms with E-state index in [0.29, 0.717) is 12.7 Å². The van der Waals surface area contributed by atoms with Crippen molar-refractivity contribution in [3.63, 3.8) is 0 Å². The van der Waals surface area contributed by atoms with Crippen LogP contribution in [-0.2, 0) is 9.53 Å². The van der Waals surface area contributed by atoms with E-state index in [0.717, 1.165) is 6.17 Å². The van der Waals surface area contributed by atoms with Gasteiger partial charge in [-0.25, -0.2) is 0 Å². The molecule has 0 bridgehead atoms. The van der Waals surface area contributed by atoms with Crippen LogP contribution >= 0.6 is 0 Å². The minimum atomic E-state index is -1.42. The van der Waals surface area contributed by atoms with Crippen molar-refractivity contribution in [1.82, 2.24) is 4.90 Å². The third kappa shape index (κ3) is 6.78. The maximum absolute atomic E-state index is 11.2. The molecule has 0 aliphatic heterocycles. The molecular formula is C9H21NO2Si. The Morgan fingerprint density at radius 1 is 1.38 bits per heavy atom. The number of hydrogen-bond donors (Lipinski definition) is 0. The van der Waals surface area contributed by atoms with Crippen LogP contribution in [0.4, 0.5) is 0 Å². The molecule has 78 valence electrons. The summed E-state index contributed by atoms with van der Waals surface area (Å²) in [6.07, 6.45) is 1.03. The van der Waals surface area contributed by atoms with E-state index in [2.05, 4.69) is 18.0 Å². The Kier molecular flexibility index (Phi) is 5.25. The largest absolute Gasteiger partial charge is 0.466 e. The molecule has 0 heterocycles. The lowest BCUT2D eigenvalue weighted by Crippen LogP contribution is -2.41. The molecule has 0 atom stereocenters. The van der Waals surface area contributed by atoms with Gasteiger partial charge in [0.25, 0.3) is 0 Å². The first-order valence-corrected chi connectivity index (χ1v) is 8.09. The summed E-state index contributed by atoms with van der Waals surface area (Å²) in [5, 5.41) is 0. The Labute approximate surface area is 82.1 Å². The van der Waals surface area contributed by atoms with Crippen LogP contribution in [0.15, 0.2) is 0 Å². The summed E-state index contributed by atoms with van der Waals surface area (Å²) in [5.41, 5.74) is 0. The minimum Gasteiger partial charge on any atom is -0.466 e. The summed E-state index contributed by atoms with van der Waals surface area (Å²) in [6.45, 7) is 6.76. The normalized spacial score (nSPS) is 11.8. The summed E-state index contributed by atoms with van der Waals surface area (Å²) in [6, 6.07) is 0.624. The van der Waals surface area contributed by atoms with Gasteiger partial charge < -0.3 is 9.64 Å². The Bertz CT molecular complexity index is 169. The molecule has 0 aromatic heterocycles. The minimum absolute atomic E-state index is 0.0407. The second kappa shape index (κ2) is 5.39. The van der Waals surface area contributed by atoms with Crippen molar-refractivity contribution in [2.75, 3.05) is 26.9 Å². The number of ether oxygens (including phenoxy) is 1. The van der Waals surface area contributed by atoms with Gasteiger partial charge in [0.15, 0.2) is 0 Å². The Balaban J connectivity index is 3.93. The van der Waals surface area contributed by atoms with Crippen molar-refractivity contribution in [1.29, 1.82) is 0 Å². The third-order valence-corrected chi connectivity index (χ3v) is 4.41. The molecule has 0 rings (SSSR count). The number of carbonyl (C=O) groups is 1. The van der Waals surface area contributed by atoms with Crippen LogP contribution in [0.2, 0.25) is 19.1 Å². The van der Waals surface area contributed by atoms with E-state index in [4.69, 9.17) is 4.74 Å². The molecule has 0 unspecified atom stereocenters. The Hall–Kier alpha value is -0.353. The molecule has 0 fully saturated rings. The van der Waals surface area contributed by atoms with Crippen molar-refractivity contribution in [3.8, 4) is 0 Å². The molecule has 0 radical (unpaired) electrons. The lowest BCUT2D eigenvalue weighted by molar-refractivity contribution is -0.140. The summed E-state index contributed by atoms with van der Waals surface area (Å²) in [5.74, 6) is -0.0407. The average molecular weight is 203 g/mol. The van der Waals surface area contributed by atoms with Crippen LogP contribution in [0.1, 0.15) is 6.92 Å². The van der Waals surface area contributed by atoms with E-state index in [1.54, 1.807) is 0 Å². The monoisotopic (exact) mass is 203 g/mol. The molecule has 0 aromatic carbocycles. The van der Waals surface area contributed by atoms with Crippen molar-refractivity contribution < 1.29 is 9.53 Å². The van der Waals surface area contributed by atoms with Gasteiger partial charge >= 0.3 is 5.97 Å². The Morgan fingerprint density at radius 2 is 1.92 bits per heavy atom. The van der Waals surface area contributed by atoms with Gasteiger partial charge in [-0.05, 0) is 27.2 Å². The third-order valence-electron chi connectivity index (χ3n) is 1.67. The van der Waals surface area contributed by atoms with E-state index in [1.165, 1.54) is 0 Å². The summed E-state index contributed by atoms with van der Waals surface area (Å²) in [7, 11) is 2.67. The first-order chi connectivity index (χ1) is 5.87. The molecule has 0 aliphatic carbocycles. The highest BCUT2D eigenvalue weighted by Crippen LogP contribution is 2.10. The number of esters is 1. The van der Waals surface area contributed by atoms with Crippen LogP contribution in [0.3, 0.4) is 0 Å². The fraction of sp³-hybridized carbons (Fsp3) is 0.889. The van der Waals surface area contributed by atoms with Gasteiger partial charge in [-0.3, -0.25) is 4.79 Å². The smallest absolute Gasteiger partial charge is 0.303 e. The van der Waals surface area contributed by atoms with Crippen molar-refractivity contribution in [2.45, 2.75) is 26.1 Å². The second-order valence-electron chi connectivity index (χ2n) is 4.38. The first-order valence-electron chi connectivity index (χ1n) is 4.68. The maximum atomic E-state index is 11.2.